The van der Waals surface area contributed by atoms with E-state index in [0.717, 1.165) is 39.3 Å². The molecule has 0 aliphatic carbocycles. The minimum absolute atomic E-state index is 0.0822. The highest BCUT2D eigenvalue weighted by Gasteiger charge is 2.21. The third-order valence-electron chi connectivity index (χ3n) is 3.98. The summed E-state index contributed by atoms with van der Waals surface area (Å²) >= 11 is 1.02. The summed E-state index contributed by atoms with van der Waals surface area (Å²) in [6, 6.07) is 17.9. The fourth-order valence-electron chi connectivity index (χ4n) is 2.88. The first-order valence-electron chi connectivity index (χ1n) is 7.55. The smallest absolute Gasteiger partial charge is 0.307 e. The monoisotopic (exact) mass is 334 g/mol. The number of aromatic amines is 1. The lowest BCUT2D eigenvalue weighted by Gasteiger charge is -2.10. The van der Waals surface area contributed by atoms with Crippen LogP contribution in [0.15, 0.2) is 64.4 Å². The van der Waals surface area contributed by atoms with Crippen molar-refractivity contribution < 1.29 is 5.11 Å². The Hall–Kier alpha value is -2.92. The van der Waals surface area contributed by atoms with Crippen LogP contribution in [0, 0.1) is 0 Å². The molecule has 24 heavy (non-hydrogen) atoms. The van der Waals surface area contributed by atoms with E-state index in [1.165, 1.54) is 0 Å². The number of allylic oxidation sites excluding steroid dienone is 2. The summed E-state index contributed by atoms with van der Waals surface area (Å²) in [7, 11) is 0. The molecule has 1 aliphatic rings. The Bertz CT molecular complexity index is 1010. The van der Waals surface area contributed by atoms with Crippen molar-refractivity contribution in [3.05, 3.63) is 80.3 Å². The number of nitrogens with zero attached hydrogens (tertiary/aromatic N) is 1. The largest absolute Gasteiger partial charge is 0.493 e. The predicted molar refractivity (Wildman–Crippen MR) is 98.2 cm³/mol. The minimum Gasteiger partial charge on any atom is -0.493 e. The number of aromatic nitrogens is 1. The van der Waals surface area contributed by atoms with Crippen molar-refractivity contribution in [3.8, 4) is 5.88 Å². The zero-order valence-corrected chi connectivity index (χ0v) is 13.5. The number of benzene rings is 2. The molecular formula is C19H14N2O2S. The van der Waals surface area contributed by atoms with Crippen molar-refractivity contribution in [1.82, 2.24) is 4.98 Å². The molecule has 118 valence electrons. The normalized spacial score (nSPS) is 14.7. The zero-order chi connectivity index (χ0) is 16.5. The first-order valence-corrected chi connectivity index (χ1v) is 8.37. The number of thiazole rings is 1. The van der Waals surface area contributed by atoms with Gasteiger partial charge in [0.2, 0.25) is 5.88 Å². The fourth-order valence-corrected chi connectivity index (χ4v) is 3.67. The van der Waals surface area contributed by atoms with Gasteiger partial charge in [-0.2, -0.15) is 0 Å². The number of H-pyrrole nitrogens is 1. The van der Waals surface area contributed by atoms with E-state index in [1.54, 1.807) is 0 Å². The second-order valence-corrected chi connectivity index (χ2v) is 6.51. The van der Waals surface area contributed by atoms with Crippen molar-refractivity contribution in [3.63, 3.8) is 0 Å². The van der Waals surface area contributed by atoms with E-state index in [4.69, 9.17) is 0 Å². The molecule has 1 aromatic heterocycles. The van der Waals surface area contributed by atoms with Gasteiger partial charge in [0, 0.05) is 17.4 Å². The lowest BCUT2D eigenvalue weighted by molar-refractivity contribution is 0.454. The predicted octanol–water partition coefficient (Wildman–Crippen LogP) is 4.01. The van der Waals surface area contributed by atoms with Crippen molar-refractivity contribution >= 4 is 34.4 Å². The SMILES string of the molecule is O=c1[nH]c(O)c(C(Cc2ccccc2)=C2C=Nc3ccccc32)s1. The molecule has 0 saturated heterocycles. The highest BCUT2D eigenvalue weighted by molar-refractivity contribution is 7.10. The van der Waals surface area contributed by atoms with Crippen LogP contribution in [0.5, 0.6) is 5.88 Å². The molecule has 2 heterocycles. The average molecular weight is 334 g/mol. The van der Waals surface area contributed by atoms with Crippen molar-refractivity contribution in [2.24, 2.45) is 4.99 Å². The number of para-hydroxylation sites is 1. The van der Waals surface area contributed by atoms with Gasteiger partial charge in [-0.25, -0.2) is 0 Å². The van der Waals surface area contributed by atoms with Crippen LogP contribution in [0.25, 0.3) is 11.1 Å². The van der Waals surface area contributed by atoms with E-state index in [9.17, 15) is 9.90 Å². The number of hydrogen-bond donors (Lipinski definition) is 2. The van der Waals surface area contributed by atoms with E-state index >= 15 is 0 Å². The summed E-state index contributed by atoms with van der Waals surface area (Å²) in [4.78, 5) is 18.9. The molecule has 2 aromatic carbocycles. The van der Waals surface area contributed by atoms with Gasteiger partial charge >= 0.3 is 4.87 Å². The minimum atomic E-state index is -0.267. The van der Waals surface area contributed by atoms with Crippen LogP contribution >= 0.6 is 11.3 Å². The lowest BCUT2D eigenvalue weighted by atomic mass is 9.95. The molecule has 0 saturated carbocycles. The van der Waals surface area contributed by atoms with Crippen LogP contribution < -0.4 is 4.87 Å². The summed E-state index contributed by atoms with van der Waals surface area (Å²) in [6.45, 7) is 0. The Kier molecular flexibility index (Phi) is 3.63. The first-order chi connectivity index (χ1) is 11.7. The summed E-state index contributed by atoms with van der Waals surface area (Å²) in [6.07, 6.45) is 2.42. The van der Waals surface area contributed by atoms with Crippen LogP contribution in [0.2, 0.25) is 0 Å². The third-order valence-corrected chi connectivity index (χ3v) is 4.91. The molecule has 0 bridgehead atoms. The second kappa shape index (κ2) is 5.94. The molecule has 3 aromatic rings. The summed E-state index contributed by atoms with van der Waals surface area (Å²) in [5.74, 6) is -0.0822. The topological polar surface area (TPSA) is 65.5 Å². The lowest BCUT2D eigenvalue weighted by Crippen LogP contribution is -1.95. The maximum atomic E-state index is 11.7. The van der Waals surface area contributed by atoms with E-state index in [2.05, 4.69) is 9.98 Å². The standard InChI is InChI=1S/C19H14N2O2S/c22-18-17(24-19(23)21-18)14(10-12-6-2-1-3-7-12)15-11-20-16-9-5-4-8-13(15)16/h1-9,11,22H,10H2,(H,21,23). The van der Waals surface area contributed by atoms with E-state index in [-0.39, 0.29) is 10.8 Å². The van der Waals surface area contributed by atoms with Crippen LogP contribution in [0.3, 0.4) is 0 Å². The second-order valence-electron chi connectivity index (χ2n) is 5.52. The van der Waals surface area contributed by atoms with Gasteiger partial charge < -0.3 is 5.11 Å². The van der Waals surface area contributed by atoms with E-state index < -0.39 is 0 Å². The van der Waals surface area contributed by atoms with Crippen LogP contribution in [-0.2, 0) is 6.42 Å². The summed E-state index contributed by atoms with van der Waals surface area (Å²) < 4.78 is 0. The maximum Gasteiger partial charge on any atom is 0.307 e. The van der Waals surface area contributed by atoms with Gasteiger partial charge in [-0.3, -0.25) is 14.8 Å². The van der Waals surface area contributed by atoms with Gasteiger partial charge in [0.15, 0.2) is 0 Å². The molecule has 2 N–H and O–H groups in total. The number of aliphatic imine (C=N–C) groups is 1. The average Bonchev–Trinajstić information content (AvgIpc) is 3.17. The summed E-state index contributed by atoms with van der Waals surface area (Å²) in [5, 5.41) is 10.2. The molecule has 0 atom stereocenters. The Morgan fingerprint density at radius 2 is 1.83 bits per heavy atom. The number of hydrogen-bond acceptors (Lipinski definition) is 4. The molecule has 0 fully saturated rings. The number of fused-ring (bicyclic) bond motifs is 1. The molecule has 4 rings (SSSR count). The van der Waals surface area contributed by atoms with Crippen LogP contribution in [0.4, 0.5) is 5.69 Å². The Labute approximate surface area is 142 Å². The Morgan fingerprint density at radius 1 is 1.08 bits per heavy atom. The first kappa shape index (κ1) is 14.7. The molecule has 0 amide bonds. The maximum absolute atomic E-state index is 11.7. The van der Waals surface area contributed by atoms with Crippen molar-refractivity contribution in [2.75, 3.05) is 0 Å². The molecule has 5 heteroatoms. The number of aromatic hydroxyl groups is 1. The molecule has 0 unspecified atom stereocenters. The van der Waals surface area contributed by atoms with Crippen LogP contribution in [-0.4, -0.2) is 16.3 Å². The number of rotatable bonds is 3. The van der Waals surface area contributed by atoms with E-state index in [0.29, 0.717) is 11.3 Å². The van der Waals surface area contributed by atoms with Crippen molar-refractivity contribution in [2.45, 2.75) is 6.42 Å². The van der Waals surface area contributed by atoms with Gasteiger partial charge in [0.1, 0.15) is 0 Å². The van der Waals surface area contributed by atoms with Gasteiger partial charge in [-0.1, -0.05) is 59.9 Å². The summed E-state index contributed by atoms with van der Waals surface area (Å²) in [5.41, 5.74) is 4.87. The van der Waals surface area contributed by atoms with Gasteiger partial charge in [-0.05, 0) is 23.6 Å². The highest BCUT2D eigenvalue weighted by Crippen LogP contribution is 2.40. The fraction of sp³-hybridized carbons (Fsp3) is 0.0526. The molecular weight excluding hydrogens is 320 g/mol. The quantitative estimate of drug-likeness (QED) is 0.760. The van der Waals surface area contributed by atoms with Gasteiger partial charge in [0.05, 0.1) is 10.6 Å². The third kappa shape index (κ3) is 2.59. The highest BCUT2D eigenvalue weighted by atomic mass is 32.1. The Balaban J connectivity index is 1.92. The number of nitrogens with one attached hydrogen (secondary N) is 1. The van der Waals surface area contributed by atoms with Crippen molar-refractivity contribution in [1.29, 1.82) is 0 Å². The van der Waals surface area contributed by atoms with Gasteiger partial charge in [0.25, 0.3) is 0 Å². The van der Waals surface area contributed by atoms with Gasteiger partial charge in [-0.15, -0.1) is 0 Å². The molecule has 0 radical (unpaired) electrons. The molecule has 0 spiro atoms. The molecule has 1 aliphatic heterocycles. The zero-order valence-electron chi connectivity index (χ0n) is 12.7. The van der Waals surface area contributed by atoms with E-state index in [1.807, 2.05) is 60.8 Å². The Morgan fingerprint density at radius 3 is 2.58 bits per heavy atom. The van der Waals surface area contributed by atoms with Crippen LogP contribution in [0.1, 0.15) is 16.0 Å². The molecule has 4 nitrogen and oxygen atoms in total.